The van der Waals surface area contributed by atoms with Crippen LogP contribution in [-0.2, 0) is 62.2 Å². The summed E-state index contributed by atoms with van der Waals surface area (Å²) in [5.74, 6) is -10.6. The van der Waals surface area contributed by atoms with Gasteiger partial charge in [-0.2, -0.15) is 0 Å². The van der Waals surface area contributed by atoms with Crippen LogP contribution in [0.5, 0.6) is 0 Å². The molecule has 8 unspecified atom stereocenters. The predicted molar refractivity (Wildman–Crippen MR) is 368 cm³/mol. The van der Waals surface area contributed by atoms with Crippen molar-refractivity contribution in [3.05, 3.63) is 0 Å². The molecule has 0 aromatic carbocycles. The summed E-state index contributed by atoms with van der Waals surface area (Å²) >= 11 is 0. The number of aliphatic hydroxyl groups excluding tert-OH is 2. The molecule has 5 aliphatic carbocycles. The van der Waals surface area contributed by atoms with Crippen LogP contribution in [0.15, 0.2) is 0 Å². The molecule has 2 amide bonds. The third-order valence-electron chi connectivity index (χ3n) is 22.8. The molecule has 6 aliphatic rings. The number of fused-ring (bicyclic) bond motifs is 5. The second-order valence-corrected chi connectivity index (χ2v) is 29.8. The minimum atomic E-state index is -1.32. The van der Waals surface area contributed by atoms with Gasteiger partial charge in [-0.05, 0) is 130 Å². The molecule has 6 rings (SSSR count). The van der Waals surface area contributed by atoms with Crippen LogP contribution in [0.3, 0.4) is 0 Å². The van der Waals surface area contributed by atoms with Crippen molar-refractivity contribution in [2.24, 2.45) is 46.3 Å². The molecular formula is C68H115N11O25. The van der Waals surface area contributed by atoms with Gasteiger partial charge in [0.1, 0.15) is 12.1 Å². The smallest absolute Gasteiger partial charge is 0.407 e. The molecule has 5 saturated carbocycles. The van der Waals surface area contributed by atoms with Gasteiger partial charge in [-0.15, -0.1) is 0 Å². The highest BCUT2D eigenvalue weighted by Gasteiger charge is 2.66. The zero-order valence-corrected chi connectivity index (χ0v) is 60.3. The minimum absolute atomic E-state index is 0.00133. The molecule has 0 bridgehead atoms. The van der Waals surface area contributed by atoms with Crippen LogP contribution in [0.1, 0.15) is 111 Å². The number of hydrogen-bond donors (Lipinski definition) is 15. The van der Waals surface area contributed by atoms with Crippen LogP contribution in [0.2, 0.25) is 0 Å². The van der Waals surface area contributed by atoms with Gasteiger partial charge < -0.3 is 81.0 Å². The molecule has 6 fully saturated rings. The average Bonchev–Trinajstić information content (AvgIpc) is 1.38. The van der Waals surface area contributed by atoms with E-state index in [1.54, 1.807) is 19.6 Å². The van der Waals surface area contributed by atoms with E-state index in [1.807, 2.05) is 0 Å². The van der Waals surface area contributed by atoms with Crippen LogP contribution >= 0.6 is 0 Å². The van der Waals surface area contributed by atoms with E-state index in [0.29, 0.717) is 64.3 Å². The van der Waals surface area contributed by atoms with Crippen molar-refractivity contribution in [1.29, 1.82) is 0 Å². The van der Waals surface area contributed by atoms with Crippen molar-refractivity contribution in [2.75, 3.05) is 164 Å². The summed E-state index contributed by atoms with van der Waals surface area (Å²) in [7, 11) is 0. The highest BCUT2D eigenvalue weighted by atomic mass is 16.6. The van der Waals surface area contributed by atoms with Gasteiger partial charge >= 0.3 is 59.8 Å². The maximum atomic E-state index is 13.9. The zero-order chi connectivity index (χ0) is 76.4. The summed E-state index contributed by atoms with van der Waals surface area (Å²) in [4.78, 5) is 144. The first-order valence-electron chi connectivity index (χ1n) is 36.5. The number of nitrogens with zero attached hydrogens (tertiary/aromatic N) is 7. The maximum absolute atomic E-state index is 13.9. The van der Waals surface area contributed by atoms with Gasteiger partial charge in [-0.1, -0.05) is 27.2 Å². The quantitative estimate of drug-likeness (QED) is 0.0248. The molecule has 1 saturated heterocycles. The van der Waals surface area contributed by atoms with E-state index in [0.717, 1.165) is 29.1 Å². The SMILES string of the molecule is CC(CCC(=O)O)C1CCC2C3C(C[C@H](O)[C@]12C)[C@@]1(C)CC[C@@H](OC(=O)NC2CC(OCNCCCCC(C(=O)O)N(CCN(CC(=O)O)CC(=O)O)CCN(CC(=O)O)CC(=O)O)[C@H](OCNCCNC(=O)CN4CCN(CC(=O)O)CCN(CC(=O)O)CCN(CC(=O)O)CC4)C2)C[C@@H]1C[C@H]3O. The van der Waals surface area contributed by atoms with Gasteiger partial charge in [0.05, 0.1) is 90.2 Å². The van der Waals surface area contributed by atoms with E-state index in [1.165, 1.54) is 4.90 Å². The van der Waals surface area contributed by atoms with Crippen LogP contribution < -0.4 is 21.3 Å². The van der Waals surface area contributed by atoms with Crippen molar-refractivity contribution in [2.45, 2.75) is 153 Å². The largest absolute Gasteiger partial charge is 0.481 e. The van der Waals surface area contributed by atoms with Gasteiger partial charge in [0.25, 0.3) is 0 Å². The van der Waals surface area contributed by atoms with Gasteiger partial charge in [0.2, 0.25) is 5.91 Å². The molecule has 592 valence electrons. The number of aliphatic carboxylic acids is 9. The van der Waals surface area contributed by atoms with Gasteiger partial charge in [0, 0.05) is 104 Å². The number of ether oxygens (including phenoxy) is 3. The molecule has 1 heterocycles. The maximum Gasteiger partial charge on any atom is 0.407 e. The lowest BCUT2D eigenvalue weighted by Gasteiger charge is -2.63. The molecule has 36 heteroatoms. The van der Waals surface area contributed by atoms with Crippen LogP contribution in [0, 0.1) is 46.3 Å². The van der Waals surface area contributed by atoms with Crippen molar-refractivity contribution in [3.8, 4) is 0 Å². The lowest BCUT2D eigenvalue weighted by atomic mass is 9.43. The van der Waals surface area contributed by atoms with Crippen molar-refractivity contribution < 1.29 is 123 Å². The molecule has 0 aromatic heterocycles. The molecule has 15 N–H and O–H groups in total. The number of aliphatic hydroxyl groups is 2. The Kier molecular flexibility index (Phi) is 35.0. The standard InChI is InChI=1S/C68H115N11O25/c1-43(7-10-56(83)84)47-8-9-48-64-49(32-54(81)68(47,48)3)67(2)12-11-46(28-44(67)29-51(64)80)104-66(101)72-45-30-52(102-41-69-13-5-4-6-50(65(99)100)79(26-24-77(37-60(91)92)38-61(93)94)27-25-78(39-62(95)96)40-63(97)98)53(31-45)103-42-70-14-15-71-55(82)33-73-16-18-74(34-57(85)86)20-22-76(36-59(89)90)23-21-75(19-17-73)35-58(87)88/h43-54,64,69-70,80-81H,4-42H2,1-3H3,(H,71,82)(H,72,101)(H,83,84)(H,85,86)(H,87,88)(H,89,90)(H,91,92)(H,93,94)(H,95,96)(H,97,98)(H,99,100)/t43?,44-,45?,46-,47?,48?,49?,50?,51-,52?,53-,54+,64?,67+,68-/m1/s1. The number of carbonyl (C=O) groups excluding carboxylic acids is 2. The van der Waals surface area contributed by atoms with Gasteiger partial charge in [-0.25, -0.2) is 4.79 Å². The minimum Gasteiger partial charge on any atom is -0.481 e. The molecule has 36 nitrogen and oxygen atoms in total. The lowest BCUT2D eigenvalue weighted by Crippen LogP contribution is -2.62. The predicted octanol–water partition coefficient (Wildman–Crippen LogP) is -1.33. The first-order chi connectivity index (χ1) is 49.2. The molecule has 1 aliphatic heterocycles. The lowest BCUT2D eigenvalue weighted by molar-refractivity contribution is -0.207. The highest BCUT2D eigenvalue weighted by molar-refractivity contribution is 5.78. The number of carboxylic acids is 9. The molecule has 15 atom stereocenters. The molecule has 0 radical (unpaired) electrons. The number of amides is 2. The number of alkyl carbamates (subject to hydrolysis) is 1. The van der Waals surface area contributed by atoms with Crippen molar-refractivity contribution in [1.82, 2.24) is 55.6 Å². The topological polar surface area (TPSA) is 509 Å². The first-order valence-corrected chi connectivity index (χ1v) is 36.5. The monoisotopic (exact) mass is 1490 g/mol. The second-order valence-electron chi connectivity index (χ2n) is 29.8. The Balaban J connectivity index is 1.05. The normalized spacial score (nSPS) is 28.6. The molecule has 0 spiro atoms. The summed E-state index contributed by atoms with van der Waals surface area (Å²) < 4.78 is 18.9. The highest BCUT2D eigenvalue weighted by Crippen LogP contribution is 2.68. The summed E-state index contributed by atoms with van der Waals surface area (Å²) in [6.45, 7) is 4.74. The third-order valence-corrected chi connectivity index (χ3v) is 22.8. The molecule has 0 aromatic rings. The van der Waals surface area contributed by atoms with Crippen molar-refractivity contribution >= 4 is 65.7 Å². The molecular weight excluding hydrogens is 1370 g/mol. The molecule has 104 heavy (non-hydrogen) atoms. The first kappa shape index (κ1) is 86.4. The van der Waals surface area contributed by atoms with Gasteiger partial charge in [0.15, 0.2) is 0 Å². The van der Waals surface area contributed by atoms with E-state index in [-0.39, 0.29) is 191 Å². The number of hydrogen-bond acceptors (Lipinski definition) is 25. The fourth-order valence-electron chi connectivity index (χ4n) is 17.6. The Morgan fingerprint density at radius 2 is 1.02 bits per heavy atom. The van der Waals surface area contributed by atoms with Crippen LogP contribution in [0.25, 0.3) is 0 Å². The van der Waals surface area contributed by atoms with Crippen molar-refractivity contribution in [3.63, 3.8) is 0 Å². The zero-order valence-electron chi connectivity index (χ0n) is 60.3. The average molecular weight is 1490 g/mol. The van der Waals surface area contributed by atoms with E-state index < -0.39 is 134 Å². The van der Waals surface area contributed by atoms with E-state index in [2.05, 4.69) is 42.0 Å². The van der Waals surface area contributed by atoms with E-state index in [9.17, 15) is 109 Å². The number of unbranched alkanes of at least 4 members (excludes halogenated alkanes) is 1. The number of carboxylic acid groups (broad SMARTS) is 9. The Morgan fingerprint density at radius 3 is 1.49 bits per heavy atom. The summed E-state index contributed by atoms with van der Waals surface area (Å²) in [5, 5.41) is 123. The van der Waals surface area contributed by atoms with Gasteiger partial charge in [-0.3, -0.25) is 92.9 Å². The summed E-state index contributed by atoms with van der Waals surface area (Å²) in [6, 6.07) is -1.69. The Bertz CT molecular complexity index is 2750. The number of rotatable bonds is 44. The summed E-state index contributed by atoms with van der Waals surface area (Å²) in [5.41, 5.74) is -0.671. The Labute approximate surface area is 606 Å². The Morgan fingerprint density at radius 1 is 0.529 bits per heavy atom. The Hall–Kier alpha value is -6.55. The fraction of sp³-hybridized carbons (Fsp3) is 0.838. The third kappa shape index (κ3) is 27.3. The fourth-order valence-corrected chi connectivity index (χ4v) is 17.6. The summed E-state index contributed by atoms with van der Waals surface area (Å²) in [6.07, 6.45) is 3.19. The number of nitrogens with one attached hydrogen (secondary N) is 4. The van der Waals surface area contributed by atoms with E-state index >= 15 is 0 Å². The number of carbonyl (C=O) groups is 11. The van der Waals surface area contributed by atoms with E-state index in [4.69, 9.17) is 14.2 Å². The van der Waals surface area contributed by atoms with Crippen LogP contribution in [0.4, 0.5) is 4.79 Å². The van der Waals surface area contributed by atoms with Crippen LogP contribution in [-0.4, -0.2) is 363 Å². The second kappa shape index (κ2) is 42.1.